The second-order valence-corrected chi connectivity index (χ2v) is 10.6. The monoisotopic (exact) mass is 523 g/mol. The molecule has 1 N–H and O–H groups in total. The third-order valence-electron chi connectivity index (χ3n) is 7.32. The van der Waals surface area contributed by atoms with Crippen LogP contribution >= 0.6 is 12.2 Å². The molecule has 37 heavy (non-hydrogen) atoms. The molecule has 5 nitrogen and oxygen atoms in total. The summed E-state index contributed by atoms with van der Waals surface area (Å²) in [5.41, 5.74) is 4.40. The lowest BCUT2D eigenvalue weighted by Gasteiger charge is -2.33. The highest BCUT2D eigenvalue weighted by molar-refractivity contribution is 7.80. The van der Waals surface area contributed by atoms with E-state index in [1.807, 2.05) is 29.8 Å². The number of amides is 1. The lowest BCUT2D eigenvalue weighted by molar-refractivity contribution is -0.144. The zero-order valence-electron chi connectivity index (χ0n) is 23.2. The first-order valence-corrected chi connectivity index (χ1v) is 14.5. The molecule has 1 atom stereocenters. The first-order chi connectivity index (χ1) is 17.9. The van der Waals surface area contributed by atoms with Crippen LogP contribution in [0.15, 0.2) is 48.5 Å². The van der Waals surface area contributed by atoms with E-state index in [9.17, 15) is 4.79 Å². The van der Waals surface area contributed by atoms with E-state index >= 15 is 0 Å². The minimum absolute atomic E-state index is 0.118. The van der Waals surface area contributed by atoms with Crippen molar-refractivity contribution in [2.45, 2.75) is 71.8 Å². The molecule has 0 aromatic heterocycles. The van der Waals surface area contributed by atoms with Gasteiger partial charge in [-0.15, -0.1) is 0 Å². The van der Waals surface area contributed by atoms with Crippen LogP contribution in [0.5, 0.6) is 0 Å². The van der Waals surface area contributed by atoms with Gasteiger partial charge in [0.15, 0.2) is 5.11 Å². The molecule has 2 aromatic carbocycles. The molecule has 1 saturated heterocycles. The van der Waals surface area contributed by atoms with Gasteiger partial charge in [-0.2, -0.15) is 0 Å². The highest BCUT2D eigenvalue weighted by atomic mass is 32.1. The summed E-state index contributed by atoms with van der Waals surface area (Å²) in [6.45, 7) is 9.52. The van der Waals surface area contributed by atoms with E-state index < -0.39 is 6.10 Å². The number of hydrogen-bond donors (Lipinski definition) is 1. The molecule has 0 radical (unpaired) electrons. The molecule has 1 unspecified atom stereocenters. The Labute approximate surface area is 229 Å². The minimum Gasteiger partial charge on any atom is -0.368 e. The van der Waals surface area contributed by atoms with Gasteiger partial charge in [0.2, 0.25) is 0 Å². The number of carbonyl (C=O) groups is 1. The molecule has 0 aliphatic carbocycles. The number of carbonyl (C=O) groups excluding carboxylic acids is 1. The van der Waals surface area contributed by atoms with Crippen LogP contribution in [0.3, 0.4) is 0 Å². The maximum Gasteiger partial charge on any atom is 0.252 e. The van der Waals surface area contributed by atoms with Crippen molar-refractivity contribution in [1.82, 2.24) is 10.2 Å². The van der Waals surface area contributed by atoms with Crippen molar-refractivity contribution in [3.63, 3.8) is 0 Å². The van der Waals surface area contributed by atoms with Crippen molar-refractivity contribution in [1.29, 1.82) is 0 Å². The Hall–Kier alpha value is -2.44. The number of thiocarbonyl (C=S) groups is 1. The Morgan fingerprint density at radius 2 is 1.86 bits per heavy atom. The van der Waals surface area contributed by atoms with Gasteiger partial charge in [-0.1, -0.05) is 69.5 Å². The number of anilines is 1. The normalized spacial score (nSPS) is 14.9. The van der Waals surface area contributed by atoms with Gasteiger partial charge in [0.25, 0.3) is 5.91 Å². The van der Waals surface area contributed by atoms with Crippen molar-refractivity contribution >= 4 is 28.9 Å². The molecule has 2 aromatic rings. The third kappa shape index (κ3) is 8.54. The van der Waals surface area contributed by atoms with E-state index in [1.165, 1.54) is 19.3 Å². The molecule has 3 rings (SSSR count). The first-order valence-electron chi connectivity index (χ1n) is 14.0. The van der Waals surface area contributed by atoms with E-state index in [0.717, 1.165) is 66.4 Å². The lowest BCUT2D eigenvalue weighted by Crippen LogP contribution is -2.45. The topological polar surface area (TPSA) is 44.8 Å². The summed E-state index contributed by atoms with van der Waals surface area (Å²) in [6.07, 6.45) is 7.08. The molecule has 1 aliphatic rings. The maximum atomic E-state index is 13.4. The second kappa shape index (κ2) is 15.1. The van der Waals surface area contributed by atoms with Gasteiger partial charge < -0.3 is 19.9 Å². The summed E-state index contributed by atoms with van der Waals surface area (Å²) in [7, 11) is 2.01. The zero-order valence-corrected chi connectivity index (χ0v) is 24.0. The maximum absolute atomic E-state index is 13.4. The highest BCUT2D eigenvalue weighted by Gasteiger charge is 2.28. The van der Waals surface area contributed by atoms with Crippen LogP contribution in [-0.4, -0.2) is 55.3 Å². The number of ether oxygens (including phenoxy) is 1. The largest absolute Gasteiger partial charge is 0.368 e. The molecule has 202 valence electrons. The Kier molecular flexibility index (Phi) is 11.9. The van der Waals surface area contributed by atoms with Gasteiger partial charge in [-0.25, -0.2) is 0 Å². The van der Waals surface area contributed by atoms with Crippen LogP contribution in [0.25, 0.3) is 11.1 Å². The summed E-state index contributed by atoms with van der Waals surface area (Å²) >= 11 is 5.66. The Balaban J connectivity index is 1.74. The molecular formula is C31H45N3O2S. The first kappa shape index (κ1) is 29.1. The number of unbranched alkanes of at least 4 members (excludes halogenated alkanes) is 3. The Morgan fingerprint density at radius 1 is 1.11 bits per heavy atom. The molecule has 0 spiro atoms. The molecule has 1 aliphatic heterocycles. The molecule has 6 heteroatoms. The quantitative estimate of drug-likeness (QED) is 0.256. The van der Waals surface area contributed by atoms with Crippen molar-refractivity contribution in [2.75, 3.05) is 38.2 Å². The van der Waals surface area contributed by atoms with E-state index in [2.05, 4.69) is 61.6 Å². The fourth-order valence-electron chi connectivity index (χ4n) is 4.90. The third-order valence-corrected chi connectivity index (χ3v) is 7.74. The number of hydrogen-bond acceptors (Lipinski definition) is 3. The highest BCUT2D eigenvalue weighted by Crippen LogP contribution is 2.29. The number of likely N-dealkylation sites (tertiary alicyclic amines) is 1. The second-order valence-electron chi connectivity index (χ2n) is 10.2. The molecule has 1 amide bonds. The van der Waals surface area contributed by atoms with Crippen LogP contribution in [0, 0.1) is 5.92 Å². The average Bonchev–Trinajstić information content (AvgIpc) is 2.92. The van der Waals surface area contributed by atoms with E-state index in [4.69, 9.17) is 17.0 Å². The van der Waals surface area contributed by atoms with Crippen LogP contribution in [0.4, 0.5) is 5.69 Å². The van der Waals surface area contributed by atoms with Crippen molar-refractivity contribution in [2.24, 2.45) is 5.92 Å². The van der Waals surface area contributed by atoms with Gasteiger partial charge in [-0.05, 0) is 73.1 Å². The zero-order chi connectivity index (χ0) is 26.6. The van der Waals surface area contributed by atoms with Gasteiger partial charge in [0.1, 0.15) is 6.10 Å². The summed E-state index contributed by atoms with van der Waals surface area (Å²) in [5.74, 6) is 0.803. The molecule has 1 fully saturated rings. The average molecular weight is 524 g/mol. The fourth-order valence-corrected chi connectivity index (χ4v) is 5.10. The van der Waals surface area contributed by atoms with Crippen molar-refractivity contribution in [3.05, 3.63) is 54.1 Å². The van der Waals surface area contributed by atoms with Crippen LogP contribution in [0.1, 0.15) is 64.9 Å². The predicted molar refractivity (Wildman–Crippen MR) is 159 cm³/mol. The van der Waals surface area contributed by atoms with Gasteiger partial charge in [-0.3, -0.25) is 4.79 Å². The van der Waals surface area contributed by atoms with Gasteiger partial charge in [0, 0.05) is 45.4 Å². The Morgan fingerprint density at radius 3 is 2.59 bits per heavy atom. The van der Waals surface area contributed by atoms with Crippen molar-refractivity contribution in [3.8, 4) is 11.1 Å². The summed E-state index contributed by atoms with van der Waals surface area (Å²) in [6, 6.07) is 16.8. The number of rotatable bonds is 12. The van der Waals surface area contributed by atoms with Gasteiger partial charge in [0.05, 0.1) is 0 Å². The standard InChI is InChI=1S/C31H45N3O2S/c1-5-7-8-11-19-32-31(37)33(4)27-15-12-14-25(22-27)28-16-10-9-13-26(28)23-29(36-6-2)30(35)34-20-17-24(3)18-21-34/h9-10,12-16,22,24,29H,5-8,11,17-21,23H2,1-4H3,(H,32,37). The van der Waals surface area contributed by atoms with Crippen LogP contribution in [-0.2, 0) is 16.0 Å². The lowest BCUT2D eigenvalue weighted by atomic mass is 9.94. The van der Waals surface area contributed by atoms with Crippen molar-refractivity contribution < 1.29 is 9.53 Å². The minimum atomic E-state index is -0.463. The number of piperidine rings is 1. The van der Waals surface area contributed by atoms with E-state index in [0.29, 0.717) is 18.9 Å². The van der Waals surface area contributed by atoms with Gasteiger partial charge >= 0.3 is 0 Å². The summed E-state index contributed by atoms with van der Waals surface area (Å²) in [4.78, 5) is 17.4. The predicted octanol–water partition coefficient (Wildman–Crippen LogP) is 6.45. The molecule has 1 heterocycles. The number of nitrogens with one attached hydrogen (secondary N) is 1. The van der Waals surface area contributed by atoms with E-state index in [-0.39, 0.29) is 5.91 Å². The number of benzene rings is 2. The Bertz CT molecular complexity index is 1000. The smallest absolute Gasteiger partial charge is 0.252 e. The molecular weight excluding hydrogens is 478 g/mol. The van der Waals surface area contributed by atoms with Crippen LogP contribution < -0.4 is 10.2 Å². The fraction of sp³-hybridized carbons (Fsp3) is 0.548. The number of nitrogens with zero attached hydrogens (tertiary/aromatic N) is 2. The summed E-state index contributed by atoms with van der Waals surface area (Å²) in [5, 5.41) is 4.13. The molecule has 0 bridgehead atoms. The summed E-state index contributed by atoms with van der Waals surface area (Å²) < 4.78 is 6.01. The SMILES string of the molecule is CCCCCCNC(=S)N(C)c1cccc(-c2ccccc2CC(OCC)C(=O)N2CCC(C)CC2)c1. The van der Waals surface area contributed by atoms with Crippen LogP contribution in [0.2, 0.25) is 0 Å². The van der Waals surface area contributed by atoms with E-state index in [1.54, 1.807) is 0 Å². The molecule has 0 saturated carbocycles.